The van der Waals surface area contributed by atoms with Crippen LogP contribution in [0.5, 0.6) is 11.5 Å². The molecule has 3 aromatic rings. The third-order valence-electron chi connectivity index (χ3n) is 3.99. The van der Waals surface area contributed by atoms with E-state index in [9.17, 15) is 14.4 Å². The molecular formula is C18H17ClN4O7. The largest absolute Gasteiger partial charge is 0.495 e. The summed E-state index contributed by atoms with van der Waals surface area (Å²) in [7, 11) is 2.87. The van der Waals surface area contributed by atoms with Crippen LogP contribution < -0.4 is 20.3 Å². The molecule has 0 radical (unpaired) electrons. The van der Waals surface area contributed by atoms with Crippen molar-refractivity contribution in [2.45, 2.75) is 13.5 Å². The lowest BCUT2D eigenvalue weighted by atomic mass is 10.2. The molecule has 3 rings (SSSR count). The number of aromatic nitrogens is 3. The van der Waals surface area contributed by atoms with E-state index < -0.39 is 24.0 Å². The Labute approximate surface area is 174 Å². The summed E-state index contributed by atoms with van der Waals surface area (Å²) >= 11 is 6.09. The third kappa shape index (κ3) is 4.06. The second kappa shape index (κ2) is 8.82. The average Bonchev–Trinajstić information content (AvgIpc) is 3.15. The molecule has 0 aliphatic rings. The maximum Gasteiger partial charge on any atom is 0.361 e. The second-order valence-corrected chi connectivity index (χ2v) is 6.25. The number of rotatable bonds is 7. The molecule has 30 heavy (non-hydrogen) atoms. The summed E-state index contributed by atoms with van der Waals surface area (Å²) in [6.45, 7) is 1.30. The van der Waals surface area contributed by atoms with Crippen LogP contribution in [0.1, 0.15) is 17.4 Å². The molecule has 0 aliphatic carbocycles. The molecule has 1 amide bonds. The van der Waals surface area contributed by atoms with Gasteiger partial charge in [0.2, 0.25) is 11.6 Å². The highest BCUT2D eigenvalue weighted by atomic mass is 35.5. The van der Waals surface area contributed by atoms with Crippen LogP contribution in [0.3, 0.4) is 0 Å². The van der Waals surface area contributed by atoms with Gasteiger partial charge in [0, 0.05) is 6.07 Å². The number of halogens is 1. The van der Waals surface area contributed by atoms with Gasteiger partial charge >= 0.3 is 5.97 Å². The quantitative estimate of drug-likeness (QED) is 0.550. The maximum absolute atomic E-state index is 12.7. The van der Waals surface area contributed by atoms with Crippen LogP contribution in [0, 0.1) is 0 Å². The van der Waals surface area contributed by atoms with Crippen molar-refractivity contribution in [3.8, 4) is 11.5 Å². The third-order valence-corrected chi connectivity index (χ3v) is 4.29. The molecule has 0 saturated carbocycles. The van der Waals surface area contributed by atoms with Crippen LogP contribution in [-0.4, -0.2) is 47.4 Å². The van der Waals surface area contributed by atoms with Gasteiger partial charge in [-0.15, -0.1) is 0 Å². The molecule has 158 valence electrons. The number of fused-ring (bicyclic) bond motifs is 1. The van der Waals surface area contributed by atoms with Gasteiger partial charge in [-0.25, -0.2) is 9.78 Å². The lowest BCUT2D eigenvalue weighted by molar-refractivity contribution is -0.116. The van der Waals surface area contributed by atoms with E-state index in [4.69, 9.17) is 30.3 Å². The number of hydrogen-bond acceptors (Lipinski definition) is 9. The van der Waals surface area contributed by atoms with Gasteiger partial charge in [0.25, 0.3) is 11.3 Å². The summed E-state index contributed by atoms with van der Waals surface area (Å²) in [6, 6.07) is 2.97. The number of methoxy groups -OCH3 is 2. The predicted octanol–water partition coefficient (Wildman–Crippen LogP) is 1.87. The number of nitrogens with zero attached hydrogens (tertiary/aromatic N) is 3. The van der Waals surface area contributed by atoms with Gasteiger partial charge in [-0.05, 0) is 13.0 Å². The van der Waals surface area contributed by atoms with E-state index >= 15 is 0 Å². The van der Waals surface area contributed by atoms with Gasteiger partial charge in [0.15, 0.2) is 0 Å². The first-order valence-corrected chi connectivity index (χ1v) is 9.00. The Balaban J connectivity index is 1.88. The fourth-order valence-electron chi connectivity index (χ4n) is 2.63. The fourth-order valence-corrected chi connectivity index (χ4v) is 2.87. The van der Waals surface area contributed by atoms with Gasteiger partial charge in [0.05, 0.1) is 31.5 Å². The summed E-state index contributed by atoms with van der Waals surface area (Å²) in [4.78, 5) is 41.1. The van der Waals surface area contributed by atoms with Gasteiger partial charge in [-0.3, -0.25) is 14.2 Å². The van der Waals surface area contributed by atoms with Gasteiger partial charge in [-0.2, -0.15) is 0 Å². The van der Waals surface area contributed by atoms with E-state index in [2.05, 4.69) is 15.5 Å². The number of ether oxygens (including phenoxy) is 3. The monoisotopic (exact) mass is 436 g/mol. The van der Waals surface area contributed by atoms with Crippen molar-refractivity contribution < 1.29 is 28.3 Å². The molecular weight excluding hydrogens is 420 g/mol. The van der Waals surface area contributed by atoms with E-state index in [0.717, 1.165) is 10.9 Å². The number of carbonyl (C=O) groups is 2. The SMILES string of the molecule is CCOC(=O)c1noc2ncn(CC(=O)Nc3cc(Cl)c(OC)cc3OC)c(=O)c12. The Hall–Kier alpha value is -3.60. The highest BCUT2D eigenvalue weighted by molar-refractivity contribution is 6.32. The number of hydrogen-bond donors (Lipinski definition) is 1. The van der Waals surface area contributed by atoms with Gasteiger partial charge < -0.3 is 24.1 Å². The molecule has 1 aromatic carbocycles. The highest BCUT2D eigenvalue weighted by Crippen LogP contribution is 2.35. The van der Waals surface area contributed by atoms with Crippen LogP contribution in [0.2, 0.25) is 5.02 Å². The van der Waals surface area contributed by atoms with Gasteiger partial charge in [-0.1, -0.05) is 16.8 Å². The van der Waals surface area contributed by atoms with E-state index in [-0.39, 0.29) is 34.1 Å². The molecule has 0 aliphatic heterocycles. The van der Waals surface area contributed by atoms with Gasteiger partial charge in [0.1, 0.15) is 29.8 Å². The van der Waals surface area contributed by atoms with Crippen molar-refractivity contribution in [3.05, 3.63) is 39.5 Å². The van der Waals surface area contributed by atoms with E-state index in [1.807, 2.05) is 0 Å². The zero-order valence-corrected chi connectivity index (χ0v) is 17.0. The molecule has 2 aromatic heterocycles. The first-order valence-electron chi connectivity index (χ1n) is 8.62. The van der Waals surface area contributed by atoms with Crippen molar-refractivity contribution in [2.24, 2.45) is 0 Å². The normalized spacial score (nSPS) is 10.7. The van der Waals surface area contributed by atoms with E-state index in [1.54, 1.807) is 6.92 Å². The first-order chi connectivity index (χ1) is 14.4. The molecule has 2 heterocycles. The minimum Gasteiger partial charge on any atom is -0.495 e. The van der Waals surface area contributed by atoms with Crippen molar-refractivity contribution in [2.75, 3.05) is 26.1 Å². The maximum atomic E-state index is 12.7. The summed E-state index contributed by atoms with van der Waals surface area (Å²) in [5, 5.41) is 6.24. The number of benzene rings is 1. The minimum absolute atomic E-state index is 0.0936. The number of nitrogens with one attached hydrogen (secondary N) is 1. The molecule has 0 bridgehead atoms. The Bertz CT molecular complexity index is 1170. The molecule has 0 saturated heterocycles. The van der Waals surface area contributed by atoms with Crippen LogP contribution in [0.15, 0.2) is 27.8 Å². The van der Waals surface area contributed by atoms with Crippen molar-refractivity contribution in [1.82, 2.24) is 14.7 Å². The Morgan fingerprint density at radius 3 is 2.63 bits per heavy atom. The number of esters is 1. The Kier molecular flexibility index (Phi) is 6.21. The number of carbonyl (C=O) groups excluding carboxylic acids is 2. The highest BCUT2D eigenvalue weighted by Gasteiger charge is 2.23. The molecule has 1 N–H and O–H groups in total. The molecule has 0 fully saturated rings. The molecule has 0 unspecified atom stereocenters. The van der Waals surface area contributed by atoms with Crippen LogP contribution in [0.25, 0.3) is 11.1 Å². The van der Waals surface area contributed by atoms with E-state index in [1.165, 1.54) is 26.4 Å². The van der Waals surface area contributed by atoms with Crippen molar-refractivity contribution >= 4 is 40.3 Å². The molecule has 12 heteroatoms. The van der Waals surface area contributed by atoms with Crippen molar-refractivity contribution in [1.29, 1.82) is 0 Å². The molecule has 0 spiro atoms. The number of amides is 1. The summed E-state index contributed by atoms with van der Waals surface area (Å²) in [5.74, 6) is -0.701. The topological polar surface area (TPSA) is 135 Å². The zero-order chi connectivity index (χ0) is 21.8. The summed E-state index contributed by atoms with van der Waals surface area (Å²) in [5.41, 5.74) is -0.835. The second-order valence-electron chi connectivity index (χ2n) is 5.84. The lowest BCUT2D eigenvalue weighted by Crippen LogP contribution is -2.28. The summed E-state index contributed by atoms with van der Waals surface area (Å²) in [6.07, 6.45) is 1.11. The molecule has 11 nitrogen and oxygen atoms in total. The van der Waals surface area contributed by atoms with Crippen LogP contribution >= 0.6 is 11.6 Å². The standard InChI is InChI=1S/C18H17ClN4O7/c1-4-29-18(26)15-14-16(30-22-15)20-8-23(17(14)25)7-13(24)21-10-5-9(19)11(27-2)6-12(10)28-3/h5-6,8H,4,7H2,1-3H3,(H,21,24). The lowest BCUT2D eigenvalue weighted by Gasteiger charge is -2.13. The molecule has 0 atom stereocenters. The van der Waals surface area contributed by atoms with Crippen molar-refractivity contribution in [3.63, 3.8) is 0 Å². The Morgan fingerprint density at radius 1 is 1.23 bits per heavy atom. The minimum atomic E-state index is -0.824. The summed E-state index contributed by atoms with van der Waals surface area (Å²) < 4.78 is 21.1. The van der Waals surface area contributed by atoms with Crippen LogP contribution in [0.4, 0.5) is 5.69 Å². The van der Waals surface area contributed by atoms with E-state index in [0.29, 0.717) is 11.5 Å². The first kappa shape index (κ1) is 21.1. The fraction of sp³-hybridized carbons (Fsp3) is 0.278. The number of anilines is 1. The average molecular weight is 437 g/mol. The smallest absolute Gasteiger partial charge is 0.361 e. The predicted molar refractivity (Wildman–Crippen MR) is 105 cm³/mol. The Morgan fingerprint density at radius 2 is 1.97 bits per heavy atom. The zero-order valence-electron chi connectivity index (χ0n) is 16.2. The van der Waals surface area contributed by atoms with Crippen LogP contribution in [-0.2, 0) is 16.1 Å².